The van der Waals surface area contributed by atoms with Crippen molar-refractivity contribution in [1.29, 1.82) is 0 Å². The third kappa shape index (κ3) is 3.32. The molecule has 4 rings (SSSR count). The van der Waals surface area contributed by atoms with Gasteiger partial charge in [0.05, 0.1) is 31.2 Å². The standard InChI is InChI=1S/C20H24N4OS/c1-14-12-25-10-9-24(14)19-18-16(15-7-5-4-6-8-15)13-26-20(18)22-17(21-19)11-23(2)3/h4-8,13-14H,9-12H2,1-3H3. The fourth-order valence-electron chi connectivity index (χ4n) is 3.40. The molecule has 6 heteroatoms. The average Bonchev–Trinajstić information content (AvgIpc) is 3.06. The smallest absolute Gasteiger partial charge is 0.146 e. The van der Waals surface area contributed by atoms with Gasteiger partial charge in [0, 0.05) is 17.5 Å². The Balaban J connectivity index is 1.91. The highest BCUT2D eigenvalue weighted by molar-refractivity contribution is 7.17. The van der Waals surface area contributed by atoms with Crippen molar-refractivity contribution < 1.29 is 4.74 Å². The molecule has 26 heavy (non-hydrogen) atoms. The minimum Gasteiger partial charge on any atom is -0.377 e. The minimum absolute atomic E-state index is 0.303. The van der Waals surface area contributed by atoms with Crippen molar-refractivity contribution in [1.82, 2.24) is 14.9 Å². The molecule has 0 N–H and O–H groups in total. The van der Waals surface area contributed by atoms with Crippen LogP contribution in [-0.4, -0.2) is 54.8 Å². The van der Waals surface area contributed by atoms with Crippen molar-refractivity contribution in [3.05, 3.63) is 41.5 Å². The van der Waals surface area contributed by atoms with Gasteiger partial charge >= 0.3 is 0 Å². The third-order valence-corrected chi connectivity index (χ3v) is 5.52. The molecule has 0 radical (unpaired) electrons. The number of rotatable bonds is 4. The Hall–Kier alpha value is -2.02. The summed E-state index contributed by atoms with van der Waals surface area (Å²) in [7, 11) is 4.10. The maximum absolute atomic E-state index is 5.65. The average molecular weight is 369 g/mol. The van der Waals surface area contributed by atoms with E-state index in [1.54, 1.807) is 11.3 Å². The summed E-state index contributed by atoms with van der Waals surface area (Å²) in [5, 5.41) is 3.38. The van der Waals surface area contributed by atoms with Crippen molar-refractivity contribution in [3.8, 4) is 11.1 Å². The van der Waals surface area contributed by atoms with Gasteiger partial charge in [0.25, 0.3) is 0 Å². The Morgan fingerprint density at radius 1 is 1.23 bits per heavy atom. The molecular formula is C20H24N4OS. The second-order valence-electron chi connectivity index (χ2n) is 7.01. The Bertz CT molecular complexity index is 893. The summed E-state index contributed by atoms with van der Waals surface area (Å²) in [6, 6.07) is 10.8. The molecule has 1 aliphatic heterocycles. The summed E-state index contributed by atoms with van der Waals surface area (Å²) in [5.74, 6) is 1.92. The number of nitrogens with zero attached hydrogens (tertiary/aromatic N) is 4. The number of ether oxygens (including phenoxy) is 1. The predicted molar refractivity (Wildman–Crippen MR) is 108 cm³/mol. The molecule has 1 unspecified atom stereocenters. The van der Waals surface area contributed by atoms with Gasteiger partial charge in [-0.1, -0.05) is 30.3 Å². The van der Waals surface area contributed by atoms with Crippen LogP contribution >= 0.6 is 11.3 Å². The zero-order valence-electron chi connectivity index (χ0n) is 15.5. The first-order valence-corrected chi connectivity index (χ1v) is 9.84. The first-order chi connectivity index (χ1) is 12.6. The minimum atomic E-state index is 0.303. The molecule has 1 aromatic carbocycles. The quantitative estimate of drug-likeness (QED) is 0.703. The highest BCUT2D eigenvalue weighted by Crippen LogP contribution is 2.39. The summed E-state index contributed by atoms with van der Waals surface area (Å²) in [6.45, 7) is 5.27. The summed E-state index contributed by atoms with van der Waals surface area (Å²) in [4.78, 5) is 15.4. The van der Waals surface area contributed by atoms with Crippen LogP contribution in [-0.2, 0) is 11.3 Å². The van der Waals surface area contributed by atoms with E-state index in [9.17, 15) is 0 Å². The van der Waals surface area contributed by atoms with Crippen LogP contribution in [0.1, 0.15) is 12.7 Å². The lowest BCUT2D eigenvalue weighted by Gasteiger charge is -2.35. The Labute approximate surface area is 158 Å². The van der Waals surface area contributed by atoms with E-state index in [0.717, 1.165) is 48.2 Å². The molecular weight excluding hydrogens is 344 g/mol. The Morgan fingerprint density at radius 2 is 2.04 bits per heavy atom. The molecule has 0 saturated carbocycles. The van der Waals surface area contributed by atoms with E-state index >= 15 is 0 Å². The Kier molecular flexibility index (Phi) is 4.89. The van der Waals surface area contributed by atoms with Crippen molar-refractivity contribution in [3.63, 3.8) is 0 Å². The lowest BCUT2D eigenvalue weighted by Crippen LogP contribution is -2.44. The first kappa shape index (κ1) is 17.4. The van der Waals surface area contributed by atoms with Crippen LogP contribution in [0.5, 0.6) is 0 Å². The molecule has 2 aromatic heterocycles. The first-order valence-electron chi connectivity index (χ1n) is 8.96. The second-order valence-corrected chi connectivity index (χ2v) is 7.87. The van der Waals surface area contributed by atoms with E-state index in [-0.39, 0.29) is 0 Å². The maximum atomic E-state index is 5.65. The van der Waals surface area contributed by atoms with Gasteiger partial charge in [0.1, 0.15) is 16.5 Å². The summed E-state index contributed by atoms with van der Waals surface area (Å²) in [5.41, 5.74) is 2.43. The van der Waals surface area contributed by atoms with Gasteiger partial charge in [-0.2, -0.15) is 0 Å². The molecule has 0 spiro atoms. The normalized spacial score (nSPS) is 18.0. The number of anilines is 1. The zero-order chi connectivity index (χ0) is 18.1. The molecule has 1 atom stereocenters. The summed E-state index contributed by atoms with van der Waals surface area (Å²) >= 11 is 1.70. The van der Waals surface area contributed by atoms with E-state index in [4.69, 9.17) is 14.7 Å². The van der Waals surface area contributed by atoms with E-state index in [2.05, 4.69) is 66.5 Å². The fraction of sp³-hybridized carbons (Fsp3) is 0.400. The van der Waals surface area contributed by atoms with Crippen molar-refractivity contribution in [2.24, 2.45) is 0 Å². The predicted octanol–water partition coefficient (Wildman–Crippen LogP) is 3.65. The lowest BCUT2D eigenvalue weighted by atomic mass is 10.1. The van der Waals surface area contributed by atoms with E-state index in [1.807, 2.05) is 0 Å². The lowest BCUT2D eigenvalue weighted by molar-refractivity contribution is 0.0986. The van der Waals surface area contributed by atoms with Crippen LogP contribution in [0.2, 0.25) is 0 Å². The third-order valence-electron chi connectivity index (χ3n) is 4.64. The highest BCUT2D eigenvalue weighted by atomic mass is 32.1. The fourth-order valence-corrected chi connectivity index (χ4v) is 4.36. The number of fused-ring (bicyclic) bond motifs is 1. The summed E-state index contributed by atoms with van der Waals surface area (Å²) in [6.07, 6.45) is 0. The number of thiophene rings is 1. The highest BCUT2D eigenvalue weighted by Gasteiger charge is 2.25. The van der Waals surface area contributed by atoms with E-state index in [1.165, 1.54) is 11.1 Å². The number of hydrogen-bond donors (Lipinski definition) is 0. The number of hydrogen-bond acceptors (Lipinski definition) is 6. The zero-order valence-corrected chi connectivity index (χ0v) is 16.3. The number of aromatic nitrogens is 2. The van der Waals surface area contributed by atoms with Crippen LogP contribution in [0.4, 0.5) is 5.82 Å². The molecule has 3 aromatic rings. The topological polar surface area (TPSA) is 41.5 Å². The maximum Gasteiger partial charge on any atom is 0.146 e. The van der Waals surface area contributed by atoms with Crippen molar-refractivity contribution in [2.75, 3.05) is 38.8 Å². The van der Waals surface area contributed by atoms with Gasteiger partial charge in [-0.25, -0.2) is 9.97 Å². The van der Waals surface area contributed by atoms with Crippen LogP contribution in [0.25, 0.3) is 21.3 Å². The summed E-state index contributed by atoms with van der Waals surface area (Å²) < 4.78 is 5.65. The van der Waals surface area contributed by atoms with Gasteiger partial charge < -0.3 is 14.5 Å². The molecule has 1 aliphatic rings. The van der Waals surface area contributed by atoms with Gasteiger partial charge in [-0.15, -0.1) is 11.3 Å². The van der Waals surface area contributed by atoms with E-state index < -0.39 is 0 Å². The monoisotopic (exact) mass is 368 g/mol. The molecule has 1 fully saturated rings. The van der Waals surface area contributed by atoms with Crippen LogP contribution in [0.15, 0.2) is 35.7 Å². The largest absolute Gasteiger partial charge is 0.377 e. The molecule has 0 bridgehead atoms. The van der Waals surface area contributed by atoms with Crippen LogP contribution < -0.4 is 4.90 Å². The van der Waals surface area contributed by atoms with Crippen molar-refractivity contribution >= 4 is 27.4 Å². The molecule has 0 aliphatic carbocycles. The number of benzene rings is 1. The van der Waals surface area contributed by atoms with Gasteiger partial charge in [-0.05, 0) is 26.6 Å². The Morgan fingerprint density at radius 3 is 2.77 bits per heavy atom. The molecule has 5 nitrogen and oxygen atoms in total. The van der Waals surface area contributed by atoms with Gasteiger partial charge in [0.15, 0.2) is 0 Å². The number of morpholine rings is 1. The molecule has 3 heterocycles. The van der Waals surface area contributed by atoms with Gasteiger partial charge in [-0.3, -0.25) is 0 Å². The van der Waals surface area contributed by atoms with E-state index in [0.29, 0.717) is 6.04 Å². The SMILES string of the molecule is CC1COCCN1c1nc(CN(C)C)nc2scc(-c3ccccc3)c12. The van der Waals surface area contributed by atoms with Crippen molar-refractivity contribution in [2.45, 2.75) is 19.5 Å². The van der Waals surface area contributed by atoms with Crippen LogP contribution in [0, 0.1) is 0 Å². The van der Waals surface area contributed by atoms with Crippen LogP contribution in [0.3, 0.4) is 0 Å². The molecule has 136 valence electrons. The second kappa shape index (κ2) is 7.31. The molecule has 1 saturated heterocycles. The van der Waals surface area contributed by atoms with Gasteiger partial charge in [0.2, 0.25) is 0 Å². The molecule has 0 amide bonds.